The average Bonchev–Trinajstić information content (AvgIpc) is 3.76. The summed E-state index contributed by atoms with van der Waals surface area (Å²) in [6, 6.07) is 42.6. The zero-order valence-electron chi connectivity index (χ0n) is 33.9. The van der Waals surface area contributed by atoms with E-state index in [1.165, 1.54) is 24.3 Å². The fourth-order valence-electron chi connectivity index (χ4n) is 7.33. The topological polar surface area (TPSA) is 129 Å². The van der Waals surface area contributed by atoms with Crippen LogP contribution in [-0.2, 0) is 20.0 Å². The standard InChI is InChI=1S/2C24H20ClNO4S2/c2*25-19-8-3-2-7-18(19)24(23-14-16-6-1-4-9-22(16)31-23)26-32(27,28)17-10-11-20-21(15-17)30-13-5-12-29-20/h2*1-4,6-11,14-15,24,26H,5,12-13H2. The number of nitrogens with one attached hydrogen (secondary N) is 2. The molecule has 2 N–H and O–H groups in total. The van der Waals surface area contributed by atoms with Gasteiger partial charge in [0.2, 0.25) is 20.0 Å². The summed E-state index contributed by atoms with van der Waals surface area (Å²) in [5.74, 6) is 1.96. The van der Waals surface area contributed by atoms with Gasteiger partial charge in [-0.25, -0.2) is 16.8 Å². The summed E-state index contributed by atoms with van der Waals surface area (Å²) in [6.45, 7) is 2.04. The molecule has 64 heavy (non-hydrogen) atoms. The Kier molecular flexibility index (Phi) is 13.2. The molecule has 2 aromatic heterocycles. The van der Waals surface area contributed by atoms with E-state index in [1.807, 2.05) is 97.1 Å². The van der Waals surface area contributed by atoms with Gasteiger partial charge in [-0.1, -0.05) is 96.0 Å². The summed E-state index contributed by atoms with van der Waals surface area (Å²) in [5.41, 5.74) is 1.39. The molecule has 0 saturated heterocycles. The Hall–Kier alpha value is -5.16. The quantitative estimate of drug-likeness (QED) is 0.139. The lowest BCUT2D eigenvalue weighted by Crippen LogP contribution is -2.29. The van der Waals surface area contributed by atoms with Gasteiger partial charge in [-0.3, -0.25) is 0 Å². The normalized spacial score (nSPS) is 14.8. The fourth-order valence-corrected chi connectivity index (χ4v) is 12.7. The maximum Gasteiger partial charge on any atom is 0.241 e. The van der Waals surface area contributed by atoms with Gasteiger partial charge in [0.15, 0.2) is 23.0 Å². The average molecular weight is 972 g/mol. The molecule has 8 aromatic rings. The maximum absolute atomic E-state index is 13.4. The maximum atomic E-state index is 13.4. The van der Waals surface area contributed by atoms with Crippen molar-refractivity contribution < 1.29 is 35.8 Å². The first-order valence-corrected chi connectivity index (χ1v) is 25.7. The van der Waals surface area contributed by atoms with Gasteiger partial charge in [-0.15, -0.1) is 22.7 Å². The molecule has 0 aliphatic carbocycles. The molecule has 0 bridgehead atoms. The number of rotatable bonds is 10. The lowest BCUT2D eigenvalue weighted by atomic mass is 10.1. The van der Waals surface area contributed by atoms with Gasteiger partial charge < -0.3 is 18.9 Å². The van der Waals surface area contributed by atoms with Gasteiger partial charge in [-0.2, -0.15) is 9.44 Å². The highest BCUT2D eigenvalue weighted by molar-refractivity contribution is 7.89. The monoisotopic (exact) mass is 970 g/mol. The molecular formula is C48H40Cl2N2O8S4. The van der Waals surface area contributed by atoms with E-state index in [0.29, 0.717) is 70.6 Å². The van der Waals surface area contributed by atoms with E-state index in [0.717, 1.165) is 42.8 Å². The van der Waals surface area contributed by atoms with Gasteiger partial charge in [0.1, 0.15) is 0 Å². The van der Waals surface area contributed by atoms with Crippen LogP contribution >= 0.6 is 45.9 Å². The number of sulfonamides is 2. The van der Waals surface area contributed by atoms with Crippen molar-refractivity contribution in [2.75, 3.05) is 26.4 Å². The third-order valence-corrected chi connectivity index (χ3v) is 16.4. The molecule has 2 atom stereocenters. The van der Waals surface area contributed by atoms with Gasteiger partial charge in [0.25, 0.3) is 0 Å². The summed E-state index contributed by atoms with van der Waals surface area (Å²) in [7, 11) is -7.79. The largest absolute Gasteiger partial charge is 0.490 e. The van der Waals surface area contributed by atoms with Crippen molar-refractivity contribution >= 4 is 86.1 Å². The Morgan fingerprint density at radius 3 is 1.23 bits per heavy atom. The highest BCUT2D eigenvalue weighted by Gasteiger charge is 2.29. The van der Waals surface area contributed by atoms with Crippen molar-refractivity contribution in [3.05, 3.63) is 177 Å². The predicted molar refractivity (Wildman–Crippen MR) is 255 cm³/mol. The molecule has 0 spiro atoms. The van der Waals surface area contributed by atoms with Crippen LogP contribution in [0.25, 0.3) is 20.2 Å². The summed E-state index contributed by atoms with van der Waals surface area (Å²) < 4.78 is 84.3. The van der Waals surface area contributed by atoms with Crippen LogP contribution in [0.15, 0.2) is 155 Å². The minimum absolute atomic E-state index is 0.111. The number of thiophene rings is 2. The zero-order chi connectivity index (χ0) is 44.3. The number of fused-ring (bicyclic) bond motifs is 4. The summed E-state index contributed by atoms with van der Waals surface area (Å²) in [4.78, 5) is 1.94. The minimum atomic E-state index is -3.89. The van der Waals surface area contributed by atoms with Crippen molar-refractivity contribution in [2.24, 2.45) is 0 Å². The second-order valence-electron chi connectivity index (χ2n) is 14.8. The highest BCUT2D eigenvalue weighted by atomic mass is 35.5. The van der Waals surface area contributed by atoms with Crippen LogP contribution in [0.4, 0.5) is 0 Å². The SMILES string of the molecule is O=S(=O)(NC(c1cc2ccccc2s1)c1ccccc1Cl)c1ccc2c(c1)OCCCO2.O=S(=O)(NC(c1cc2ccccc2s1)c1ccccc1Cl)c1ccc2c(c1)OCCCO2. The molecule has 0 saturated carbocycles. The molecule has 10 nitrogen and oxygen atoms in total. The molecule has 2 aliphatic heterocycles. The van der Waals surface area contributed by atoms with Crippen LogP contribution in [0, 0.1) is 0 Å². The number of halogens is 2. The van der Waals surface area contributed by atoms with Crippen molar-refractivity contribution in [3.63, 3.8) is 0 Å². The number of ether oxygens (including phenoxy) is 4. The Bertz CT molecular complexity index is 2910. The Morgan fingerprint density at radius 1 is 0.453 bits per heavy atom. The van der Waals surface area contributed by atoms with Crippen molar-refractivity contribution in [1.29, 1.82) is 0 Å². The molecule has 328 valence electrons. The van der Waals surface area contributed by atoms with E-state index >= 15 is 0 Å². The second-order valence-corrected chi connectivity index (χ2v) is 21.3. The van der Waals surface area contributed by atoms with Gasteiger partial charge in [0.05, 0.1) is 48.3 Å². The van der Waals surface area contributed by atoms with E-state index in [4.69, 9.17) is 42.1 Å². The van der Waals surface area contributed by atoms with Gasteiger partial charge in [-0.05, 0) is 82.6 Å². The van der Waals surface area contributed by atoms with Crippen LogP contribution in [0.2, 0.25) is 10.0 Å². The van der Waals surface area contributed by atoms with Crippen LogP contribution in [-0.4, -0.2) is 43.3 Å². The predicted octanol–water partition coefficient (Wildman–Crippen LogP) is 11.6. The smallest absolute Gasteiger partial charge is 0.241 e. The lowest BCUT2D eigenvalue weighted by Gasteiger charge is -2.20. The van der Waals surface area contributed by atoms with Crippen LogP contribution in [0.1, 0.15) is 45.8 Å². The van der Waals surface area contributed by atoms with E-state index < -0.39 is 32.1 Å². The summed E-state index contributed by atoms with van der Waals surface area (Å²) >= 11 is 16.1. The summed E-state index contributed by atoms with van der Waals surface area (Å²) in [5, 5.41) is 3.10. The molecule has 0 fully saturated rings. The van der Waals surface area contributed by atoms with Crippen LogP contribution in [0.3, 0.4) is 0 Å². The number of benzene rings is 6. The van der Waals surface area contributed by atoms with Crippen molar-refractivity contribution in [1.82, 2.24) is 9.44 Å². The third-order valence-electron chi connectivity index (χ3n) is 10.5. The van der Waals surface area contributed by atoms with E-state index in [9.17, 15) is 16.8 Å². The lowest BCUT2D eigenvalue weighted by molar-refractivity contribution is 0.296. The summed E-state index contributed by atoms with van der Waals surface area (Å²) in [6.07, 6.45) is 1.49. The molecule has 4 heterocycles. The molecule has 16 heteroatoms. The molecular weight excluding hydrogens is 932 g/mol. The van der Waals surface area contributed by atoms with E-state index in [2.05, 4.69) is 9.44 Å². The first kappa shape index (κ1) is 44.1. The van der Waals surface area contributed by atoms with E-state index in [1.54, 1.807) is 46.9 Å². The van der Waals surface area contributed by atoms with Gasteiger partial charge in [0, 0.05) is 54.2 Å². The molecule has 0 amide bonds. The van der Waals surface area contributed by atoms with E-state index in [-0.39, 0.29) is 9.79 Å². The number of hydrogen-bond acceptors (Lipinski definition) is 10. The zero-order valence-corrected chi connectivity index (χ0v) is 38.7. The molecule has 6 aromatic carbocycles. The molecule has 0 radical (unpaired) electrons. The van der Waals surface area contributed by atoms with Crippen molar-refractivity contribution in [3.8, 4) is 23.0 Å². The fraction of sp³-hybridized carbons (Fsp3) is 0.167. The molecule has 2 aliphatic rings. The first-order valence-electron chi connectivity index (χ1n) is 20.3. The minimum Gasteiger partial charge on any atom is -0.490 e. The van der Waals surface area contributed by atoms with Crippen LogP contribution < -0.4 is 28.4 Å². The molecule has 2 unspecified atom stereocenters. The Balaban J connectivity index is 0.000000162. The molecule has 10 rings (SSSR count). The van der Waals surface area contributed by atoms with Gasteiger partial charge >= 0.3 is 0 Å². The van der Waals surface area contributed by atoms with Crippen molar-refractivity contribution in [2.45, 2.75) is 34.7 Å². The Morgan fingerprint density at radius 2 is 0.828 bits per heavy atom. The Labute approximate surface area is 389 Å². The first-order chi connectivity index (χ1) is 31.0. The third kappa shape index (κ3) is 9.75. The number of hydrogen-bond donors (Lipinski definition) is 2. The second kappa shape index (κ2) is 19.1. The highest BCUT2D eigenvalue weighted by Crippen LogP contribution is 2.40. The van der Waals surface area contributed by atoms with Crippen LogP contribution in [0.5, 0.6) is 23.0 Å².